The van der Waals surface area contributed by atoms with Crippen LogP contribution < -0.4 is 10.1 Å². The molecule has 0 saturated heterocycles. The van der Waals surface area contributed by atoms with Gasteiger partial charge in [0.1, 0.15) is 5.75 Å². The summed E-state index contributed by atoms with van der Waals surface area (Å²) in [6.07, 6.45) is 0.897. The summed E-state index contributed by atoms with van der Waals surface area (Å²) in [7, 11) is 0. The first-order valence-electron chi connectivity index (χ1n) is 6.24. The number of aryl methyl sites for hydroxylation is 1. The Morgan fingerprint density at radius 3 is 2.74 bits per heavy atom. The molecule has 3 nitrogen and oxygen atoms in total. The van der Waals surface area contributed by atoms with E-state index in [9.17, 15) is 4.79 Å². The molecule has 0 bridgehead atoms. The van der Waals surface area contributed by atoms with Gasteiger partial charge in [-0.25, -0.2) is 0 Å². The Labute approximate surface area is 127 Å². The van der Waals surface area contributed by atoms with Gasteiger partial charge in [-0.1, -0.05) is 18.5 Å². The second-order valence-corrected chi connectivity index (χ2v) is 5.78. The van der Waals surface area contributed by atoms with Crippen LogP contribution in [0, 0.1) is 13.8 Å². The summed E-state index contributed by atoms with van der Waals surface area (Å²) in [5, 5.41) is 3.57. The summed E-state index contributed by atoms with van der Waals surface area (Å²) < 4.78 is 6.33. The maximum absolute atomic E-state index is 11.7. The van der Waals surface area contributed by atoms with E-state index in [0.29, 0.717) is 10.8 Å². The van der Waals surface area contributed by atoms with Crippen LogP contribution >= 0.6 is 27.5 Å². The number of nitrogens with one attached hydrogen (secondary N) is 1. The number of ether oxygens (including phenoxy) is 1. The summed E-state index contributed by atoms with van der Waals surface area (Å²) >= 11 is 9.58. The molecule has 1 amide bonds. The van der Waals surface area contributed by atoms with Crippen molar-refractivity contribution in [2.24, 2.45) is 0 Å². The van der Waals surface area contributed by atoms with Crippen LogP contribution in [0.1, 0.15) is 31.4 Å². The van der Waals surface area contributed by atoms with Crippen molar-refractivity contribution in [1.82, 2.24) is 5.32 Å². The minimum absolute atomic E-state index is 0.00342. The highest BCUT2D eigenvalue weighted by Gasteiger charge is 2.13. The minimum Gasteiger partial charge on any atom is -0.483 e. The second-order valence-electron chi connectivity index (χ2n) is 4.61. The number of hydrogen-bond donors (Lipinski definition) is 1. The molecule has 0 radical (unpaired) electrons. The van der Waals surface area contributed by atoms with Crippen molar-refractivity contribution in [3.63, 3.8) is 0 Å². The van der Waals surface area contributed by atoms with E-state index in [0.717, 1.165) is 22.0 Å². The van der Waals surface area contributed by atoms with Crippen LogP contribution in [0.2, 0.25) is 5.02 Å². The summed E-state index contributed by atoms with van der Waals surface area (Å²) in [5.74, 6) is 0.519. The van der Waals surface area contributed by atoms with E-state index >= 15 is 0 Å². The van der Waals surface area contributed by atoms with Gasteiger partial charge in [-0.05, 0) is 60.3 Å². The van der Waals surface area contributed by atoms with Crippen LogP contribution in [-0.2, 0) is 4.79 Å². The van der Waals surface area contributed by atoms with E-state index in [1.165, 1.54) is 0 Å². The second kappa shape index (κ2) is 7.15. The van der Waals surface area contributed by atoms with Crippen LogP contribution in [-0.4, -0.2) is 18.6 Å². The Morgan fingerprint density at radius 2 is 2.16 bits per heavy atom. The molecule has 1 atom stereocenters. The fourth-order valence-electron chi connectivity index (χ4n) is 1.57. The maximum Gasteiger partial charge on any atom is 0.258 e. The zero-order valence-electron chi connectivity index (χ0n) is 11.6. The number of carbonyl (C=O) groups excluding carboxylic acids is 1. The summed E-state index contributed by atoms with van der Waals surface area (Å²) in [5.41, 5.74) is 1.85. The Hall–Kier alpha value is -0.740. The number of amides is 1. The van der Waals surface area contributed by atoms with Crippen molar-refractivity contribution >= 4 is 33.4 Å². The lowest BCUT2D eigenvalue weighted by atomic mass is 10.1. The molecule has 1 unspecified atom stereocenters. The van der Waals surface area contributed by atoms with Crippen LogP contribution in [0.5, 0.6) is 5.75 Å². The molecular formula is C14H19BrClNO2. The Morgan fingerprint density at radius 1 is 1.53 bits per heavy atom. The zero-order chi connectivity index (χ0) is 14.6. The van der Waals surface area contributed by atoms with Crippen molar-refractivity contribution in [3.8, 4) is 5.75 Å². The number of carbonyl (C=O) groups is 1. The molecule has 1 aromatic carbocycles. The average molecular weight is 349 g/mol. The average Bonchev–Trinajstić information content (AvgIpc) is 2.38. The quantitative estimate of drug-likeness (QED) is 0.873. The summed E-state index contributed by atoms with van der Waals surface area (Å²) in [6, 6.07) is 1.99. The molecule has 0 saturated carbocycles. The molecule has 1 N–H and O–H groups in total. The van der Waals surface area contributed by atoms with Crippen molar-refractivity contribution in [1.29, 1.82) is 0 Å². The largest absolute Gasteiger partial charge is 0.483 e. The monoisotopic (exact) mass is 347 g/mol. The summed E-state index contributed by atoms with van der Waals surface area (Å²) in [6.45, 7) is 7.81. The van der Waals surface area contributed by atoms with E-state index in [-0.39, 0.29) is 18.6 Å². The van der Waals surface area contributed by atoms with Crippen LogP contribution in [0.25, 0.3) is 0 Å². The van der Waals surface area contributed by atoms with E-state index < -0.39 is 0 Å². The molecule has 0 aliphatic rings. The molecule has 0 heterocycles. The van der Waals surface area contributed by atoms with Crippen molar-refractivity contribution < 1.29 is 9.53 Å². The third-order valence-corrected chi connectivity index (χ3v) is 4.51. The molecular weight excluding hydrogens is 330 g/mol. The SMILES string of the molecule is CCC(C)NC(=O)COc1cc(C)c(Cl)c(C)c1Br. The highest BCUT2D eigenvalue weighted by Crippen LogP contribution is 2.35. The zero-order valence-corrected chi connectivity index (χ0v) is 14.0. The van der Waals surface area contributed by atoms with Gasteiger partial charge in [0.2, 0.25) is 0 Å². The molecule has 1 aromatic rings. The predicted octanol–water partition coefficient (Wildman–Crippen LogP) is 4.01. The van der Waals surface area contributed by atoms with Gasteiger partial charge in [0.25, 0.3) is 5.91 Å². The Balaban J connectivity index is 2.71. The van der Waals surface area contributed by atoms with E-state index in [1.54, 1.807) is 0 Å². The van der Waals surface area contributed by atoms with Gasteiger partial charge < -0.3 is 10.1 Å². The maximum atomic E-state index is 11.7. The van der Waals surface area contributed by atoms with Gasteiger partial charge in [-0.2, -0.15) is 0 Å². The first kappa shape index (κ1) is 16.3. The lowest BCUT2D eigenvalue weighted by Gasteiger charge is -2.15. The van der Waals surface area contributed by atoms with Gasteiger partial charge in [-0.3, -0.25) is 4.79 Å². The number of halogens is 2. The fourth-order valence-corrected chi connectivity index (χ4v) is 2.26. The normalized spacial score (nSPS) is 12.1. The van der Waals surface area contributed by atoms with Crippen LogP contribution in [0.3, 0.4) is 0 Å². The first-order valence-corrected chi connectivity index (χ1v) is 7.41. The molecule has 5 heteroatoms. The molecule has 0 aliphatic heterocycles. The highest BCUT2D eigenvalue weighted by molar-refractivity contribution is 9.10. The lowest BCUT2D eigenvalue weighted by molar-refractivity contribution is -0.123. The van der Waals surface area contributed by atoms with Gasteiger partial charge >= 0.3 is 0 Å². The molecule has 106 valence electrons. The van der Waals surface area contributed by atoms with Crippen molar-refractivity contribution in [3.05, 3.63) is 26.7 Å². The molecule has 19 heavy (non-hydrogen) atoms. The number of benzene rings is 1. The molecule has 0 aromatic heterocycles. The molecule has 0 aliphatic carbocycles. The topological polar surface area (TPSA) is 38.3 Å². The number of hydrogen-bond acceptors (Lipinski definition) is 2. The van der Waals surface area contributed by atoms with Crippen LogP contribution in [0.15, 0.2) is 10.5 Å². The highest BCUT2D eigenvalue weighted by atomic mass is 79.9. The van der Waals surface area contributed by atoms with Crippen LogP contribution in [0.4, 0.5) is 0 Å². The van der Waals surface area contributed by atoms with Gasteiger partial charge in [0.05, 0.1) is 4.47 Å². The Bertz CT molecular complexity index is 477. The van der Waals surface area contributed by atoms with Crippen molar-refractivity contribution in [2.45, 2.75) is 40.2 Å². The number of rotatable bonds is 5. The minimum atomic E-state index is -0.119. The smallest absolute Gasteiger partial charge is 0.258 e. The van der Waals surface area contributed by atoms with Gasteiger partial charge in [0.15, 0.2) is 6.61 Å². The van der Waals surface area contributed by atoms with E-state index in [2.05, 4.69) is 21.2 Å². The third kappa shape index (κ3) is 4.39. The van der Waals surface area contributed by atoms with Gasteiger partial charge in [0, 0.05) is 11.1 Å². The molecule has 0 fully saturated rings. The predicted molar refractivity (Wildman–Crippen MR) is 82.0 cm³/mol. The lowest BCUT2D eigenvalue weighted by Crippen LogP contribution is -2.35. The molecule has 1 rings (SSSR count). The van der Waals surface area contributed by atoms with E-state index in [1.807, 2.05) is 33.8 Å². The fraction of sp³-hybridized carbons (Fsp3) is 0.500. The standard InChI is InChI=1S/C14H19BrClNO2/c1-5-9(3)17-12(18)7-19-11-6-8(2)14(16)10(4)13(11)15/h6,9H,5,7H2,1-4H3,(H,17,18). The third-order valence-electron chi connectivity index (χ3n) is 2.95. The van der Waals surface area contributed by atoms with Crippen molar-refractivity contribution in [2.75, 3.05) is 6.61 Å². The van der Waals surface area contributed by atoms with E-state index in [4.69, 9.17) is 16.3 Å². The molecule has 0 spiro atoms. The first-order chi connectivity index (χ1) is 8.86. The Kier molecular flexibility index (Phi) is 6.14. The van der Waals surface area contributed by atoms with Gasteiger partial charge in [-0.15, -0.1) is 0 Å². The summed E-state index contributed by atoms with van der Waals surface area (Å²) in [4.78, 5) is 11.7.